The van der Waals surface area contributed by atoms with E-state index < -0.39 is 0 Å². The Balaban J connectivity index is 2.31. The molecule has 0 bridgehead atoms. The average Bonchev–Trinajstić information content (AvgIpc) is 2.57. The van der Waals surface area contributed by atoms with Crippen LogP contribution in [0.25, 0.3) is 11.1 Å². The van der Waals surface area contributed by atoms with Crippen molar-refractivity contribution >= 4 is 11.4 Å². The van der Waals surface area contributed by atoms with Gasteiger partial charge in [0.25, 0.3) is 0 Å². The molecule has 0 radical (unpaired) electrons. The quantitative estimate of drug-likeness (QED) is 0.759. The summed E-state index contributed by atoms with van der Waals surface area (Å²) in [6.45, 7) is 5.07. The fourth-order valence-corrected chi connectivity index (χ4v) is 2.50. The summed E-state index contributed by atoms with van der Waals surface area (Å²) in [5.41, 5.74) is 11.5. The highest BCUT2D eigenvalue weighted by atomic mass is 16.5. The first-order valence-electron chi connectivity index (χ1n) is 7.85. The minimum absolute atomic E-state index is 0.675. The first kappa shape index (κ1) is 17.3. The van der Waals surface area contributed by atoms with Gasteiger partial charge in [-0.1, -0.05) is 29.8 Å². The van der Waals surface area contributed by atoms with E-state index in [2.05, 4.69) is 48.2 Å². The second kappa shape index (κ2) is 8.56. The summed E-state index contributed by atoms with van der Waals surface area (Å²) in [5.74, 6) is 0. The highest BCUT2D eigenvalue weighted by Gasteiger charge is 2.10. The van der Waals surface area contributed by atoms with Crippen molar-refractivity contribution in [3.05, 3.63) is 48.0 Å². The molecule has 2 aromatic rings. The van der Waals surface area contributed by atoms with Crippen molar-refractivity contribution in [1.29, 1.82) is 0 Å². The normalized spacial score (nSPS) is 10.7. The summed E-state index contributed by atoms with van der Waals surface area (Å²) in [7, 11) is 3.43. The lowest BCUT2D eigenvalue weighted by atomic mass is 10.0. The Bertz CT molecular complexity index is 603. The maximum atomic E-state index is 6.19. The Labute approximate surface area is 138 Å². The van der Waals surface area contributed by atoms with Crippen molar-refractivity contribution in [3.63, 3.8) is 0 Å². The van der Waals surface area contributed by atoms with E-state index in [9.17, 15) is 0 Å². The lowest BCUT2D eigenvalue weighted by Crippen LogP contribution is -2.30. The van der Waals surface area contributed by atoms with Crippen molar-refractivity contribution in [2.45, 2.75) is 6.92 Å². The Morgan fingerprint density at radius 1 is 0.913 bits per heavy atom. The van der Waals surface area contributed by atoms with Crippen LogP contribution < -0.4 is 10.6 Å². The average molecular weight is 314 g/mol. The van der Waals surface area contributed by atoms with Gasteiger partial charge in [0.2, 0.25) is 0 Å². The molecule has 0 aliphatic heterocycles. The van der Waals surface area contributed by atoms with Crippen LogP contribution in [0.15, 0.2) is 42.5 Å². The molecule has 4 nitrogen and oxygen atoms in total. The predicted molar refractivity (Wildman–Crippen MR) is 97.0 cm³/mol. The third-order valence-corrected chi connectivity index (χ3v) is 3.90. The molecule has 0 atom stereocenters. The molecule has 0 fully saturated rings. The van der Waals surface area contributed by atoms with Gasteiger partial charge < -0.3 is 20.1 Å². The third kappa shape index (κ3) is 4.71. The van der Waals surface area contributed by atoms with Crippen LogP contribution in [0.4, 0.5) is 11.4 Å². The summed E-state index contributed by atoms with van der Waals surface area (Å²) >= 11 is 0. The van der Waals surface area contributed by atoms with Gasteiger partial charge in [0.1, 0.15) is 0 Å². The topological polar surface area (TPSA) is 47.7 Å². The highest BCUT2D eigenvalue weighted by molar-refractivity contribution is 5.80. The maximum absolute atomic E-state index is 6.19. The molecule has 2 aromatic carbocycles. The molecule has 0 aliphatic carbocycles. The maximum Gasteiger partial charge on any atom is 0.0637 e. The molecule has 0 aromatic heterocycles. The van der Waals surface area contributed by atoms with E-state index in [4.69, 9.17) is 15.2 Å². The number of anilines is 2. The van der Waals surface area contributed by atoms with Gasteiger partial charge in [-0.25, -0.2) is 0 Å². The Morgan fingerprint density at radius 3 is 2.09 bits per heavy atom. The third-order valence-electron chi connectivity index (χ3n) is 3.90. The molecule has 0 amide bonds. The van der Waals surface area contributed by atoms with Crippen LogP contribution in [-0.4, -0.2) is 40.5 Å². The van der Waals surface area contributed by atoms with Crippen LogP contribution >= 0.6 is 0 Å². The molecular weight excluding hydrogens is 288 g/mol. The van der Waals surface area contributed by atoms with Crippen LogP contribution in [0.2, 0.25) is 0 Å². The molecule has 0 saturated carbocycles. The number of benzene rings is 2. The number of rotatable bonds is 8. The standard InChI is InChI=1S/C19H26N2O2/c1-15-4-6-16(7-5-15)18-14-17(8-9-19(18)20)21(10-12-22-2)11-13-23-3/h4-9,14H,10-13,20H2,1-3H3. The zero-order valence-electron chi connectivity index (χ0n) is 14.2. The van der Waals surface area contributed by atoms with Crippen molar-refractivity contribution in [2.75, 3.05) is 51.2 Å². The van der Waals surface area contributed by atoms with Gasteiger partial charge in [0, 0.05) is 44.2 Å². The number of hydrogen-bond donors (Lipinski definition) is 1. The Kier molecular flexibility index (Phi) is 6.44. The number of nitrogens with two attached hydrogens (primary N) is 1. The monoisotopic (exact) mass is 314 g/mol. The number of nitrogen functional groups attached to an aromatic ring is 1. The van der Waals surface area contributed by atoms with Crippen LogP contribution in [0.3, 0.4) is 0 Å². The van der Waals surface area contributed by atoms with Crippen LogP contribution in [-0.2, 0) is 9.47 Å². The molecule has 0 unspecified atom stereocenters. The Morgan fingerprint density at radius 2 is 1.52 bits per heavy atom. The number of nitrogens with zero attached hydrogens (tertiary/aromatic N) is 1. The van der Waals surface area contributed by atoms with Crippen LogP contribution in [0, 0.1) is 6.92 Å². The molecule has 2 N–H and O–H groups in total. The molecule has 124 valence electrons. The number of hydrogen-bond acceptors (Lipinski definition) is 4. The lowest BCUT2D eigenvalue weighted by molar-refractivity contribution is 0.190. The van der Waals surface area contributed by atoms with Gasteiger partial charge in [-0.05, 0) is 30.7 Å². The van der Waals surface area contributed by atoms with Gasteiger partial charge >= 0.3 is 0 Å². The minimum atomic E-state index is 0.675. The van der Waals surface area contributed by atoms with E-state index in [0.29, 0.717) is 13.2 Å². The number of methoxy groups -OCH3 is 2. The summed E-state index contributed by atoms with van der Waals surface area (Å²) in [5, 5.41) is 0. The van der Waals surface area contributed by atoms with Gasteiger partial charge in [-0.2, -0.15) is 0 Å². The second-order valence-corrected chi connectivity index (χ2v) is 5.61. The largest absolute Gasteiger partial charge is 0.398 e. The summed E-state index contributed by atoms with van der Waals surface area (Å²) in [6, 6.07) is 14.6. The van der Waals surface area contributed by atoms with Crippen molar-refractivity contribution < 1.29 is 9.47 Å². The van der Waals surface area contributed by atoms with Gasteiger partial charge in [0.15, 0.2) is 0 Å². The predicted octanol–water partition coefficient (Wildman–Crippen LogP) is 3.34. The van der Waals surface area contributed by atoms with Crippen molar-refractivity contribution in [1.82, 2.24) is 0 Å². The molecule has 4 heteroatoms. The summed E-state index contributed by atoms with van der Waals surface area (Å²) in [6.07, 6.45) is 0. The zero-order chi connectivity index (χ0) is 16.7. The van der Waals surface area contributed by atoms with E-state index in [1.54, 1.807) is 14.2 Å². The highest BCUT2D eigenvalue weighted by Crippen LogP contribution is 2.30. The SMILES string of the molecule is COCCN(CCOC)c1ccc(N)c(-c2ccc(C)cc2)c1. The van der Waals surface area contributed by atoms with E-state index in [1.807, 2.05) is 6.07 Å². The first-order chi connectivity index (χ1) is 11.2. The minimum Gasteiger partial charge on any atom is -0.398 e. The fraction of sp³-hybridized carbons (Fsp3) is 0.368. The zero-order valence-corrected chi connectivity index (χ0v) is 14.2. The molecule has 0 saturated heterocycles. The molecule has 0 aliphatic rings. The van der Waals surface area contributed by atoms with Crippen LogP contribution in [0.1, 0.15) is 5.56 Å². The number of aryl methyl sites for hydroxylation is 1. The van der Waals surface area contributed by atoms with Gasteiger partial charge in [-0.15, -0.1) is 0 Å². The first-order valence-corrected chi connectivity index (χ1v) is 7.85. The van der Waals surface area contributed by atoms with Crippen molar-refractivity contribution in [2.24, 2.45) is 0 Å². The molecular formula is C19H26N2O2. The van der Waals surface area contributed by atoms with E-state index in [-0.39, 0.29) is 0 Å². The number of ether oxygens (including phenoxy) is 2. The van der Waals surface area contributed by atoms with Gasteiger partial charge in [0.05, 0.1) is 13.2 Å². The smallest absolute Gasteiger partial charge is 0.0637 e. The van der Waals surface area contributed by atoms with Gasteiger partial charge in [-0.3, -0.25) is 0 Å². The molecule has 2 rings (SSSR count). The summed E-state index contributed by atoms with van der Waals surface area (Å²) in [4.78, 5) is 2.25. The summed E-state index contributed by atoms with van der Waals surface area (Å²) < 4.78 is 10.4. The van der Waals surface area contributed by atoms with E-state index in [0.717, 1.165) is 35.6 Å². The molecule has 0 spiro atoms. The molecule has 0 heterocycles. The van der Waals surface area contributed by atoms with E-state index >= 15 is 0 Å². The van der Waals surface area contributed by atoms with Crippen LogP contribution in [0.5, 0.6) is 0 Å². The molecule has 23 heavy (non-hydrogen) atoms. The van der Waals surface area contributed by atoms with E-state index in [1.165, 1.54) is 5.56 Å². The second-order valence-electron chi connectivity index (χ2n) is 5.61. The Hall–Kier alpha value is -2.04. The van der Waals surface area contributed by atoms with Crippen molar-refractivity contribution in [3.8, 4) is 11.1 Å². The lowest BCUT2D eigenvalue weighted by Gasteiger charge is -2.25. The fourth-order valence-electron chi connectivity index (χ4n) is 2.50.